The largest absolute Gasteiger partial charge is 0.462 e. The summed E-state index contributed by atoms with van der Waals surface area (Å²) in [6, 6.07) is 7.38. The van der Waals surface area contributed by atoms with E-state index >= 15 is 0 Å². The number of carbonyl (C=O) groups excluding carboxylic acids is 2. The van der Waals surface area contributed by atoms with Crippen LogP contribution in [0.4, 0.5) is 0 Å². The third kappa shape index (κ3) is 3.90. The molecule has 156 valence electrons. The molecule has 0 aliphatic heterocycles. The van der Waals surface area contributed by atoms with Crippen LogP contribution in [0.1, 0.15) is 58.0 Å². The number of amides is 1. The maximum atomic E-state index is 12.5. The minimum Gasteiger partial charge on any atom is -0.462 e. The number of carbonyl (C=O) groups is 2. The first-order chi connectivity index (χ1) is 14.5. The zero-order chi connectivity index (χ0) is 21.3. The van der Waals surface area contributed by atoms with Crippen molar-refractivity contribution in [1.82, 2.24) is 29.9 Å². The van der Waals surface area contributed by atoms with Gasteiger partial charge in [-0.2, -0.15) is 10.2 Å². The molecule has 1 saturated carbocycles. The molecule has 0 spiro atoms. The summed E-state index contributed by atoms with van der Waals surface area (Å²) in [7, 11) is 0. The zero-order valence-corrected chi connectivity index (χ0v) is 17.5. The molecule has 10 heteroatoms. The lowest BCUT2D eigenvalue weighted by Gasteiger charge is -2.09. The van der Waals surface area contributed by atoms with Crippen molar-refractivity contribution < 1.29 is 14.3 Å². The third-order valence-corrected chi connectivity index (χ3v) is 5.26. The van der Waals surface area contributed by atoms with E-state index in [0.717, 1.165) is 24.4 Å². The molecule has 30 heavy (non-hydrogen) atoms. The number of nitrogens with one attached hydrogen (secondary N) is 2. The normalized spacial score (nSPS) is 13.3. The summed E-state index contributed by atoms with van der Waals surface area (Å²) < 4.78 is 9.24. The van der Waals surface area contributed by atoms with Crippen LogP contribution in [0.25, 0.3) is 5.69 Å². The van der Waals surface area contributed by atoms with Crippen molar-refractivity contribution in [1.29, 1.82) is 0 Å². The smallest absolute Gasteiger partial charge is 0.341 e. The van der Waals surface area contributed by atoms with Crippen molar-refractivity contribution >= 4 is 24.1 Å². The number of rotatable bonds is 7. The number of ether oxygens (including phenoxy) is 1. The van der Waals surface area contributed by atoms with Gasteiger partial charge in [-0.25, -0.2) is 9.48 Å². The van der Waals surface area contributed by atoms with Crippen molar-refractivity contribution in [3.05, 3.63) is 57.9 Å². The molecule has 1 aliphatic carbocycles. The Morgan fingerprint density at radius 1 is 1.30 bits per heavy atom. The van der Waals surface area contributed by atoms with Gasteiger partial charge in [-0.15, -0.1) is 0 Å². The quantitative estimate of drug-likeness (QED) is 0.444. The molecule has 1 fully saturated rings. The molecular weight excluding hydrogens is 404 g/mol. The molecule has 3 aromatic rings. The minimum absolute atomic E-state index is 0.206. The topological polar surface area (TPSA) is 107 Å². The zero-order valence-electron chi connectivity index (χ0n) is 16.7. The van der Waals surface area contributed by atoms with Gasteiger partial charge in [0.1, 0.15) is 5.56 Å². The van der Waals surface area contributed by atoms with E-state index in [1.165, 1.54) is 6.20 Å². The summed E-state index contributed by atoms with van der Waals surface area (Å²) >= 11 is 5.26. The average molecular weight is 427 g/mol. The van der Waals surface area contributed by atoms with Gasteiger partial charge in [0.25, 0.3) is 5.91 Å². The lowest BCUT2D eigenvalue weighted by Crippen LogP contribution is -2.24. The van der Waals surface area contributed by atoms with Gasteiger partial charge in [0, 0.05) is 11.6 Å². The molecule has 0 bridgehead atoms. The number of hydrogen-bond acceptors (Lipinski definition) is 6. The van der Waals surface area contributed by atoms with Crippen molar-refractivity contribution in [3.63, 3.8) is 0 Å². The summed E-state index contributed by atoms with van der Waals surface area (Å²) in [6.07, 6.45) is 3.66. The van der Waals surface area contributed by atoms with Crippen LogP contribution in [0, 0.1) is 11.7 Å². The molecular formula is C20H22N6O3S. The number of benzene rings is 1. The number of hydrogen-bond donors (Lipinski definition) is 2. The first-order valence-electron chi connectivity index (χ1n) is 9.75. The third-order valence-electron chi connectivity index (χ3n) is 4.98. The Morgan fingerprint density at radius 2 is 2.03 bits per heavy atom. The molecule has 0 radical (unpaired) electrons. The van der Waals surface area contributed by atoms with Gasteiger partial charge in [0.2, 0.25) is 0 Å². The van der Waals surface area contributed by atoms with Crippen LogP contribution in [-0.2, 0) is 11.3 Å². The standard InChI is InChI=1S/C20H22N6O3S/c1-3-29-19(28)16-10-22-26(12(16)2)15-6-4-13(5-7-15)18(27)21-11-17-23-24-20(30)25(17)14-8-9-14/h4-7,10,14H,3,8-9,11H2,1-2H3,(H,21,27)(H,24,30). The van der Waals surface area contributed by atoms with E-state index in [9.17, 15) is 9.59 Å². The second kappa shape index (κ2) is 8.23. The van der Waals surface area contributed by atoms with E-state index in [-0.39, 0.29) is 5.91 Å². The molecule has 2 N–H and O–H groups in total. The molecule has 1 aromatic carbocycles. The Hall–Kier alpha value is -3.27. The summed E-state index contributed by atoms with van der Waals surface area (Å²) in [6.45, 7) is 4.16. The Kier molecular flexibility index (Phi) is 5.49. The van der Waals surface area contributed by atoms with Crippen LogP contribution < -0.4 is 5.32 Å². The Labute approximate surface area is 178 Å². The maximum Gasteiger partial charge on any atom is 0.341 e. The molecule has 4 rings (SSSR count). The monoisotopic (exact) mass is 426 g/mol. The van der Waals surface area contributed by atoms with Crippen LogP contribution in [-0.4, -0.2) is 43.0 Å². The van der Waals surface area contributed by atoms with E-state index in [0.29, 0.717) is 40.8 Å². The van der Waals surface area contributed by atoms with Crippen LogP contribution in [0.5, 0.6) is 0 Å². The number of H-pyrrole nitrogens is 1. The lowest BCUT2D eigenvalue weighted by atomic mass is 10.2. The number of aromatic nitrogens is 5. The predicted molar refractivity (Wildman–Crippen MR) is 111 cm³/mol. The van der Waals surface area contributed by atoms with E-state index in [2.05, 4.69) is 20.6 Å². The summed E-state index contributed by atoms with van der Waals surface area (Å²) in [5.41, 5.74) is 2.35. The van der Waals surface area contributed by atoms with Gasteiger partial charge >= 0.3 is 5.97 Å². The second-order valence-electron chi connectivity index (χ2n) is 7.05. The van der Waals surface area contributed by atoms with Gasteiger partial charge in [0.15, 0.2) is 10.6 Å². The van der Waals surface area contributed by atoms with Gasteiger partial charge in [-0.3, -0.25) is 14.5 Å². The van der Waals surface area contributed by atoms with Crippen molar-refractivity contribution in [3.8, 4) is 5.69 Å². The van der Waals surface area contributed by atoms with E-state index < -0.39 is 5.97 Å². The van der Waals surface area contributed by atoms with E-state index in [1.807, 2.05) is 4.57 Å². The molecule has 2 aromatic heterocycles. The highest BCUT2D eigenvalue weighted by Crippen LogP contribution is 2.35. The van der Waals surface area contributed by atoms with Crippen LogP contribution in [0.2, 0.25) is 0 Å². The Bertz CT molecular complexity index is 1140. The number of esters is 1. The first-order valence-corrected chi connectivity index (χ1v) is 10.2. The van der Waals surface area contributed by atoms with Crippen LogP contribution in [0.15, 0.2) is 30.5 Å². The fourth-order valence-electron chi connectivity index (χ4n) is 3.27. The van der Waals surface area contributed by atoms with Gasteiger partial charge in [0.05, 0.1) is 30.7 Å². The Morgan fingerprint density at radius 3 is 2.70 bits per heavy atom. The van der Waals surface area contributed by atoms with Crippen LogP contribution in [0.3, 0.4) is 0 Å². The molecule has 0 atom stereocenters. The lowest BCUT2D eigenvalue weighted by molar-refractivity contribution is 0.0525. The number of aromatic amines is 1. The second-order valence-corrected chi connectivity index (χ2v) is 7.44. The van der Waals surface area contributed by atoms with Gasteiger partial charge in [-0.05, 0) is 63.2 Å². The average Bonchev–Trinajstić information content (AvgIpc) is 3.40. The van der Waals surface area contributed by atoms with Crippen LogP contribution >= 0.6 is 12.2 Å². The highest BCUT2D eigenvalue weighted by Gasteiger charge is 2.27. The first kappa shape index (κ1) is 20.0. The predicted octanol–water partition coefficient (Wildman–Crippen LogP) is 2.88. The Balaban J connectivity index is 1.44. The fourth-order valence-corrected chi connectivity index (χ4v) is 3.57. The molecule has 1 amide bonds. The molecule has 9 nitrogen and oxygen atoms in total. The van der Waals surface area contributed by atoms with Gasteiger partial charge < -0.3 is 10.1 Å². The molecule has 2 heterocycles. The highest BCUT2D eigenvalue weighted by molar-refractivity contribution is 7.71. The molecule has 0 saturated heterocycles. The number of nitrogens with zero attached hydrogens (tertiary/aromatic N) is 4. The minimum atomic E-state index is -0.402. The SMILES string of the molecule is CCOC(=O)c1cnn(-c2ccc(C(=O)NCc3n[nH]c(=S)n3C3CC3)cc2)c1C. The van der Waals surface area contributed by atoms with E-state index in [4.69, 9.17) is 17.0 Å². The van der Waals surface area contributed by atoms with Crippen molar-refractivity contribution in [2.75, 3.05) is 6.61 Å². The van der Waals surface area contributed by atoms with Crippen molar-refractivity contribution in [2.45, 2.75) is 39.3 Å². The van der Waals surface area contributed by atoms with Gasteiger partial charge in [-0.1, -0.05) is 0 Å². The highest BCUT2D eigenvalue weighted by atomic mass is 32.1. The summed E-state index contributed by atoms with van der Waals surface area (Å²) in [5.74, 6) is 0.120. The summed E-state index contributed by atoms with van der Waals surface area (Å²) in [5, 5.41) is 14.2. The van der Waals surface area contributed by atoms with E-state index in [1.54, 1.807) is 42.8 Å². The van der Waals surface area contributed by atoms with Crippen molar-refractivity contribution in [2.24, 2.45) is 0 Å². The molecule has 1 aliphatic rings. The maximum absolute atomic E-state index is 12.5. The summed E-state index contributed by atoms with van der Waals surface area (Å²) in [4.78, 5) is 24.5. The fraction of sp³-hybridized carbons (Fsp3) is 0.350. The molecule has 0 unspecified atom stereocenters.